The number of aldehydes is 1. The van der Waals surface area contributed by atoms with Crippen LogP contribution in [0.15, 0.2) is 23.4 Å². The van der Waals surface area contributed by atoms with E-state index in [0.29, 0.717) is 5.03 Å². The molecule has 0 spiro atoms. The van der Waals surface area contributed by atoms with Gasteiger partial charge in [-0.3, -0.25) is 24.6 Å². The van der Waals surface area contributed by atoms with Crippen molar-refractivity contribution in [2.24, 2.45) is 11.8 Å². The average molecular weight is 644 g/mol. The van der Waals surface area contributed by atoms with Crippen LogP contribution in [0.25, 0.3) is 0 Å². The highest BCUT2D eigenvalue weighted by atomic mass is 33.1. The molecule has 0 aliphatic rings. The van der Waals surface area contributed by atoms with Gasteiger partial charge in [0.1, 0.15) is 30.2 Å². The normalized spacial score (nSPS) is 14.3. The van der Waals surface area contributed by atoms with Gasteiger partial charge in [0.15, 0.2) is 0 Å². The number of nitro groups is 1. The standard InChI is InChI=1S/C28H45N5O8S2/c1-10-19(4)25(21(40-9)13-14-34)31(7)23(35)16-30-26(36)24(18(2)3)32(8)27(37)41-17-28(5,6)43-42-22-12-11-20(15-29-22)33(38)39/h11-12,14-15,18-19,21,24-25H,10,13,16-17H2,1-9H3,(H,30,36). The van der Waals surface area contributed by atoms with Gasteiger partial charge in [0, 0.05) is 33.7 Å². The molecule has 1 aromatic heterocycles. The molecule has 0 saturated carbocycles. The first-order valence-electron chi connectivity index (χ1n) is 14.0. The van der Waals surface area contributed by atoms with Crippen molar-refractivity contribution in [2.75, 3.05) is 34.4 Å². The van der Waals surface area contributed by atoms with Crippen LogP contribution >= 0.6 is 21.6 Å². The minimum Gasteiger partial charge on any atom is -0.448 e. The zero-order valence-corrected chi connectivity index (χ0v) is 28.0. The van der Waals surface area contributed by atoms with Crippen molar-refractivity contribution < 1.29 is 33.6 Å². The second-order valence-electron chi connectivity index (χ2n) is 11.2. The third-order valence-corrected chi connectivity index (χ3v) is 10.1. The number of carbonyl (C=O) groups is 4. The topological polar surface area (TPSA) is 161 Å². The number of ether oxygens (including phenoxy) is 2. The van der Waals surface area contributed by atoms with E-state index in [9.17, 15) is 29.3 Å². The van der Waals surface area contributed by atoms with E-state index < -0.39 is 33.8 Å². The molecule has 13 nitrogen and oxygen atoms in total. The minimum atomic E-state index is -0.896. The van der Waals surface area contributed by atoms with E-state index >= 15 is 0 Å². The smallest absolute Gasteiger partial charge is 0.410 e. The molecule has 242 valence electrons. The highest BCUT2D eigenvalue weighted by molar-refractivity contribution is 8.77. The summed E-state index contributed by atoms with van der Waals surface area (Å²) in [6.45, 7) is 11.0. The number of hydrogen-bond acceptors (Lipinski definition) is 11. The fourth-order valence-electron chi connectivity index (χ4n) is 4.35. The Morgan fingerprint density at radius 1 is 1.19 bits per heavy atom. The summed E-state index contributed by atoms with van der Waals surface area (Å²) >= 11 is 0. The number of likely N-dealkylation sites (N-methyl/N-ethyl adjacent to an activating group) is 2. The molecule has 4 atom stereocenters. The third kappa shape index (κ3) is 11.9. The van der Waals surface area contributed by atoms with Crippen molar-refractivity contribution in [3.8, 4) is 0 Å². The summed E-state index contributed by atoms with van der Waals surface area (Å²) < 4.78 is 10.5. The molecule has 0 aliphatic carbocycles. The molecule has 3 amide bonds. The Kier molecular flexibility index (Phi) is 16.0. The molecular formula is C28H45N5O8S2. The lowest BCUT2D eigenvalue weighted by Gasteiger charge is -2.37. The van der Waals surface area contributed by atoms with Gasteiger partial charge in [-0.2, -0.15) is 0 Å². The van der Waals surface area contributed by atoms with E-state index in [4.69, 9.17) is 9.47 Å². The predicted octanol–water partition coefficient (Wildman–Crippen LogP) is 4.20. The fraction of sp³-hybridized carbons (Fsp3) is 0.679. The predicted molar refractivity (Wildman–Crippen MR) is 167 cm³/mol. The lowest BCUT2D eigenvalue weighted by Crippen LogP contribution is -2.55. The van der Waals surface area contributed by atoms with Crippen molar-refractivity contribution in [3.63, 3.8) is 0 Å². The van der Waals surface area contributed by atoms with Crippen molar-refractivity contribution in [1.82, 2.24) is 20.1 Å². The van der Waals surface area contributed by atoms with Crippen LogP contribution in [-0.4, -0.2) is 101 Å². The van der Waals surface area contributed by atoms with Crippen LogP contribution in [0.3, 0.4) is 0 Å². The fourth-order valence-corrected chi connectivity index (χ4v) is 6.36. The first-order chi connectivity index (χ1) is 20.1. The lowest BCUT2D eigenvalue weighted by molar-refractivity contribution is -0.385. The molecule has 0 saturated heterocycles. The molecule has 1 rings (SSSR count). The molecule has 4 unspecified atom stereocenters. The van der Waals surface area contributed by atoms with Gasteiger partial charge >= 0.3 is 6.09 Å². The maximum absolute atomic E-state index is 13.2. The van der Waals surface area contributed by atoms with Gasteiger partial charge in [-0.1, -0.05) is 44.9 Å². The summed E-state index contributed by atoms with van der Waals surface area (Å²) in [4.78, 5) is 67.5. The molecule has 43 heavy (non-hydrogen) atoms. The number of pyridine rings is 1. The molecule has 0 bridgehead atoms. The molecule has 1 heterocycles. The summed E-state index contributed by atoms with van der Waals surface area (Å²) in [6.07, 6.45) is 1.67. The van der Waals surface area contributed by atoms with E-state index in [0.717, 1.165) is 12.7 Å². The van der Waals surface area contributed by atoms with Crippen LogP contribution in [0.4, 0.5) is 10.5 Å². The molecule has 1 aromatic rings. The number of amides is 3. The van der Waals surface area contributed by atoms with Crippen molar-refractivity contribution in [2.45, 2.75) is 82.3 Å². The van der Waals surface area contributed by atoms with Crippen molar-refractivity contribution in [1.29, 1.82) is 0 Å². The average Bonchev–Trinajstić information content (AvgIpc) is 2.96. The molecular weight excluding hydrogens is 598 g/mol. The molecule has 0 aliphatic heterocycles. The first kappa shape index (κ1) is 38.1. The number of carbonyl (C=O) groups excluding carboxylic acids is 4. The molecule has 15 heteroatoms. The molecule has 0 radical (unpaired) electrons. The van der Waals surface area contributed by atoms with Gasteiger partial charge in [0.2, 0.25) is 11.8 Å². The van der Waals surface area contributed by atoms with Crippen LogP contribution in [0.1, 0.15) is 54.4 Å². The van der Waals surface area contributed by atoms with E-state index in [1.54, 1.807) is 27.0 Å². The summed E-state index contributed by atoms with van der Waals surface area (Å²) in [5, 5.41) is 14.0. The summed E-state index contributed by atoms with van der Waals surface area (Å²) in [7, 11) is 7.28. The largest absolute Gasteiger partial charge is 0.448 e. The second-order valence-corrected chi connectivity index (χ2v) is 14.0. The summed E-state index contributed by atoms with van der Waals surface area (Å²) in [5.41, 5.74) is -0.102. The Balaban J connectivity index is 2.78. The van der Waals surface area contributed by atoms with E-state index in [1.807, 2.05) is 27.7 Å². The highest BCUT2D eigenvalue weighted by Crippen LogP contribution is 2.40. The Morgan fingerprint density at radius 2 is 1.84 bits per heavy atom. The number of rotatable bonds is 18. The monoisotopic (exact) mass is 643 g/mol. The molecule has 0 fully saturated rings. The summed E-state index contributed by atoms with van der Waals surface area (Å²) in [5.74, 6) is -1.08. The minimum absolute atomic E-state index is 0.0228. The Morgan fingerprint density at radius 3 is 2.33 bits per heavy atom. The quantitative estimate of drug-likeness (QED) is 0.106. The van der Waals surface area contributed by atoms with E-state index in [-0.39, 0.29) is 49.0 Å². The number of methoxy groups -OCH3 is 1. The first-order valence-corrected chi connectivity index (χ1v) is 16.1. The van der Waals surface area contributed by atoms with Gasteiger partial charge in [0.05, 0.1) is 28.4 Å². The van der Waals surface area contributed by atoms with Crippen molar-refractivity contribution in [3.05, 3.63) is 28.4 Å². The van der Waals surface area contributed by atoms with E-state index in [1.165, 1.54) is 57.8 Å². The van der Waals surface area contributed by atoms with Crippen LogP contribution in [-0.2, 0) is 23.9 Å². The number of nitrogens with zero attached hydrogens (tertiary/aromatic N) is 4. The van der Waals surface area contributed by atoms with Crippen LogP contribution < -0.4 is 5.32 Å². The van der Waals surface area contributed by atoms with Gasteiger partial charge in [-0.25, -0.2) is 9.78 Å². The van der Waals surface area contributed by atoms with E-state index in [2.05, 4.69) is 10.3 Å². The maximum atomic E-state index is 13.2. The Hall–Kier alpha value is -2.91. The second kappa shape index (κ2) is 18.0. The third-order valence-electron chi connectivity index (χ3n) is 6.93. The van der Waals surface area contributed by atoms with Gasteiger partial charge in [-0.15, -0.1) is 0 Å². The van der Waals surface area contributed by atoms with Crippen molar-refractivity contribution >= 4 is 51.5 Å². The van der Waals surface area contributed by atoms with Gasteiger partial charge in [0.25, 0.3) is 5.69 Å². The number of nitrogens with one attached hydrogen (secondary N) is 1. The molecule has 1 N–H and O–H groups in total. The maximum Gasteiger partial charge on any atom is 0.410 e. The lowest BCUT2D eigenvalue weighted by atomic mass is 9.91. The Bertz CT molecular complexity index is 1090. The van der Waals surface area contributed by atoms with Crippen LogP contribution in [0.5, 0.6) is 0 Å². The van der Waals surface area contributed by atoms with Crippen LogP contribution in [0, 0.1) is 22.0 Å². The van der Waals surface area contributed by atoms with Gasteiger partial charge < -0.3 is 24.5 Å². The van der Waals surface area contributed by atoms with Gasteiger partial charge in [-0.05, 0) is 42.5 Å². The Labute approximate surface area is 261 Å². The SMILES string of the molecule is CCC(C)C(C(CC=O)OC)N(C)C(=O)CNC(=O)C(C(C)C)N(C)C(=O)OCC(C)(C)SSc1ccc([N+](=O)[O-])cn1. The number of hydrogen-bond donors (Lipinski definition) is 1. The zero-order chi connectivity index (χ0) is 32.9. The summed E-state index contributed by atoms with van der Waals surface area (Å²) in [6, 6.07) is 1.66. The highest BCUT2D eigenvalue weighted by Gasteiger charge is 2.35. The van der Waals surface area contributed by atoms with Crippen LogP contribution in [0.2, 0.25) is 0 Å². The molecule has 0 aromatic carbocycles. The number of aromatic nitrogens is 1. The zero-order valence-electron chi connectivity index (χ0n) is 26.4.